The molecule has 0 radical (unpaired) electrons. The van der Waals surface area contributed by atoms with E-state index < -0.39 is 0 Å². The third-order valence-electron chi connectivity index (χ3n) is 3.32. The van der Waals surface area contributed by atoms with E-state index in [1.54, 1.807) is 0 Å². The van der Waals surface area contributed by atoms with Crippen LogP contribution in [0.1, 0.15) is 43.8 Å². The van der Waals surface area contributed by atoms with Gasteiger partial charge in [-0.15, -0.1) is 0 Å². The lowest BCUT2D eigenvalue weighted by atomic mass is 10.3. The Labute approximate surface area is 123 Å². The summed E-state index contributed by atoms with van der Waals surface area (Å²) >= 11 is 0. The zero-order chi connectivity index (χ0) is 14.7. The average Bonchev–Trinajstić information content (AvgIpc) is 3.11. The lowest BCUT2D eigenvalue weighted by molar-refractivity contribution is 0.337. The number of aromatic nitrogens is 4. The molecule has 0 saturated heterocycles. The summed E-state index contributed by atoms with van der Waals surface area (Å²) in [6.45, 7) is 5.08. The number of rotatable bonds is 6. The maximum Gasteiger partial charge on any atom is 0.243 e. The second-order valence-corrected chi connectivity index (χ2v) is 5.10. The first kappa shape index (κ1) is 13.8. The molecule has 0 bridgehead atoms. The fraction of sp³-hybridized carbons (Fsp3) is 0.400. The summed E-state index contributed by atoms with van der Waals surface area (Å²) in [6.07, 6.45) is 1.61. The SMILES string of the molecule is CCCNC(C)c1nc(Cc2nc3ccccc3[nH]2)no1. The highest BCUT2D eigenvalue weighted by Crippen LogP contribution is 2.14. The third kappa shape index (κ3) is 3.11. The molecule has 3 aromatic rings. The number of nitrogens with zero attached hydrogens (tertiary/aromatic N) is 3. The first-order valence-corrected chi connectivity index (χ1v) is 7.25. The number of para-hydroxylation sites is 2. The van der Waals surface area contributed by atoms with Crippen molar-refractivity contribution >= 4 is 11.0 Å². The van der Waals surface area contributed by atoms with Crippen molar-refractivity contribution in [3.05, 3.63) is 41.8 Å². The summed E-state index contributed by atoms with van der Waals surface area (Å²) in [5.74, 6) is 2.11. The average molecular weight is 285 g/mol. The summed E-state index contributed by atoms with van der Waals surface area (Å²) in [6, 6.07) is 8.01. The molecule has 2 aromatic heterocycles. The number of hydrogen-bond acceptors (Lipinski definition) is 5. The van der Waals surface area contributed by atoms with E-state index in [9.17, 15) is 0 Å². The fourth-order valence-electron chi connectivity index (χ4n) is 2.20. The Morgan fingerprint density at radius 3 is 2.95 bits per heavy atom. The molecule has 110 valence electrons. The Morgan fingerprint density at radius 2 is 2.14 bits per heavy atom. The minimum atomic E-state index is 0.0712. The Bertz CT molecular complexity index is 685. The number of H-pyrrole nitrogens is 1. The van der Waals surface area contributed by atoms with Crippen LogP contribution in [0.2, 0.25) is 0 Å². The van der Waals surface area contributed by atoms with E-state index in [2.05, 4.69) is 32.3 Å². The van der Waals surface area contributed by atoms with Gasteiger partial charge in [0, 0.05) is 0 Å². The van der Waals surface area contributed by atoms with E-state index in [1.165, 1.54) is 0 Å². The van der Waals surface area contributed by atoms with Crippen molar-refractivity contribution in [1.82, 2.24) is 25.4 Å². The third-order valence-corrected chi connectivity index (χ3v) is 3.32. The van der Waals surface area contributed by atoms with Gasteiger partial charge in [0.1, 0.15) is 5.82 Å². The van der Waals surface area contributed by atoms with Crippen LogP contribution in [0.3, 0.4) is 0 Å². The van der Waals surface area contributed by atoms with Crippen LogP contribution in [0.15, 0.2) is 28.8 Å². The summed E-state index contributed by atoms with van der Waals surface area (Å²) in [5, 5.41) is 7.35. The van der Waals surface area contributed by atoms with Crippen molar-refractivity contribution in [2.45, 2.75) is 32.7 Å². The summed E-state index contributed by atoms with van der Waals surface area (Å²) in [4.78, 5) is 12.2. The molecular weight excluding hydrogens is 266 g/mol. The van der Waals surface area contributed by atoms with Crippen molar-refractivity contribution in [2.75, 3.05) is 6.54 Å². The van der Waals surface area contributed by atoms with E-state index >= 15 is 0 Å². The molecule has 0 amide bonds. The minimum absolute atomic E-state index is 0.0712. The van der Waals surface area contributed by atoms with E-state index in [-0.39, 0.29) is 6.04 Å². The number of benzene rings is 1. The van der Waals surface area contributed by atoms with Gasteiger partial charge in [-0.2, -0.15) is 4.98 Å². The first-order valence-electron chi connectivity index (χ1n) is 7.25. The van der Waals surface area contributed by atoms with Gasteiger partial charge in [-0.3, -0.25) is 0 Å². The van der Waals surface area contributed by atoms with Crippen molar-refractivity contribution < 1.29 is 4.52 Å². The number of aromatic amines is 1. The van der Waals surface area contributed by atoms with Crippen LogP contribution in [-0.2, 0) is 6.42 Å². The van der Waals surface area contributed by atoms with Crippen LogP contribution in [0.4, 0.5) is 0 Å². The van der Waals surface area contributed by atoms with Crippen LogP contribution in [-0.4, -0.2) is 26.7 Å². The maximum atomic E-state index is 5.30. The van der Waals surface area contributed by atoms with Crippen molar-refractivity contribution in [2.24, 2.45) is 0 Å². The Morgan fingerprint density at radius 1 is 1.29 bits per heavy atom. The van der Waals surface area contributed by atoms with Gasteiger partial charge in [0.25, 0.3) is 0 Å². The van der Waals surface area contributed by atoms with Gasteiger partial charge in [-0.05, 0) is 32.0 Å². The van der Waals surface area contributed by atoms with Gasteiger partial charge in [0.15, 0.2) is 5.82 Å². The molecule has 2 N–H and O–H groups in total. The monoisotopic (exact) mass is 285 g/mol. The van der Waals surface area contributed by atoms with E-state index in [0.717, 1.165) is 29.8 Å². The smallest absolute Gasteiger partial charge is 0.243 e. The first-order chi connectivity index (χ1) is 10.3. The van der Waals surface area contributed by atoms with E-state index in [1.807, 2.05) is 31.2 Å². The highest BCUT2D eigenvalue weighted by molar-refractivity contribution is 5.74. The molecule has 0 spiro atoms. The van der Waals surface area contributed by atoms with Crippen LogP contribution < -0.4 is 5.32 Å². The summed E-state index contributed by atoms with van der Waals surface area (Å²) in [7, 11) is 0. The van der Waals surface area contributed by atoms with Crippen molar-refractivity contribution in [1.29, 1.82) is 0 Å². The minimum Gasteiger partial charge on any atom is -0.342 e. The van der Waals surface area contributed by atoms with Gasteiger partial charge >= 0.3 is 0 Å². The number of nitrogens with one attached hydrogen (secondary N) is 2. The Kier molecular flexibility index (Phi) is 3.96. The second kappa shape index (κ2) is 6.05. The molecule has 1 aromatic carbocycles. The van der Waals surface area contributed by atoms with Gasteiger partial charge in [0.2, 0.25) is 5.89 Å². The molecule has 21 heavy (non-hydrogen) atoms. The van der Waals surface area contributed by atoms with E-state index in [4.69, 9.17) is 4.52 Å². The Hall–Kier alpha value is -2.21. The zero-order valence-corrected chi connectivity index (χ0v) is 12.3. The molecule has 2 heterocycles. The van der Waals surface area contributed by atoms with Gasteiger partial charge in [0.05, 0.1) is 23.5 Å². The molecular formula is C15H19N5O. The standard InChI is InChI=1S/C15H19N5O/c1-3-8-16-10(2)15-19-14(20-21-15)9-13-17-11-6-4-5-7-12(11)18-13/h4-7,10,16H,3,8-9H2,1-2H3,(H,17,18). The maximum absolute atomic E-state index is 5.30. The van der Waals surface area contributed by atoms with Crippen LogP contribution in [0.5, 0.6) is 0 Å². The highest BCUT2D eigenvalue weighted by Gasteiger charge is 2.14. The van der Waals surface area contributed by atoms with Gasteiger partial charge in [-0.1, -0.05) is 24.2 Å². The molecule has 0 saturated carbocycles. The normalized spacial score (nSPS) is 12.9. The molecule has 0 aliphatic carbocycles. The highest BCUT2D eigenvalue weighted by atomic mass is 16.5. The van der Waals surface area contributed by atoms with Gasteiger partial charge < -0.3 is 14.8 Å². The molecule has 1 atom stereocenters. The topological polar surface area (TPSA) is 79.6 Å². The van der Waals surface area contributed by atoms with Crippen molar-refractivity contribution in [3.8, 4) is 0 Å². The number of hydrogen-bond donors (Lipinski definition) is 2. The number of imidazole rings is 1. The lowest BCUT2D eigenvalue weighted by Gasteiger charge is -2.06. The zero-order valence-electron chi connectivity index (χ0n) is 12.3. The largest absolute Gasteiger partial charge is 0.342 e. The molecule has 0 fully saturated rings. The fourth-order valence-corrected chi connectivity index (χ4v) is 2.20. The van der Waals surface area contributed by atoms with Gasteiger partial charge in [-0.25, -0.2) is 4.98 Å². The molecule has 3 rings (SSSR count). The summed E-state index contributed by atoms with van der Waals surface area (Å²) < 4.78 is 5.30. The van der Waals surface area contributed by atoms with Crippen LogP contribution in [0.25, 0.3) is 11.0 Å². The van der Waals surface area contributed by atoms with Crippen molar-refractivity contribution in [3.63, 3.8) is 0 Å². The molecule has 6 nitrogen and oxygen atoms in total. The Balaban J connectivity index is 1.71. The number of fused-ring (bicyclic) bond motifs is 1. The quantitative estimate of drug-likeness (QED) is 0.727. The predicted molar refractivity (Wildman–Crippen MR) is 79.9 cm³/mol. The van der Waals surface area contributed by atoms with Crippen LogP contribution in [0, 0.1) is 0 Å². The van der Waals surface area contributed by atoms with Crippen LogP contribution >= 0.6 is 0 Å². The molecule has 0 aliphatic rings. The second-order valence-electron chi connectivity index (χ2n) is 5.10. The van der Waals surface area contributed by atoms with E-state index in [0.29, 0.717) is 18.1 Å². The molecule has 0 aliphatic heterocycles. The predicted octanol–water partition coefficient (Wildman–Crippen LogP) is 2.60. The lowest BCUT2D eigenvalue weighted by Crippen LogP contribution is -2.19. The molecule has 6 heteroatoms. The molecule has 1 unspecified atom stereocenters. The summed E-state index contributed by atoms with van der Waals surface area (Å²) in [5.41, 5.74) is 1.98.